The van der Waals surface area contributed by atoms with Gasteiger partial charge in [0.1, 0.15) is 0 Å². The second-order valence-corrected chi connectivity index (χ2v) is 3.37. The van der Waals surface area contributed by atoms with Gasteiger partial charge in [-0.25, -0.2) is 0 Å². The van der Waals surface area contributed by atoms with Crippen LogP contribution in [0, 0.1) is 0 Å². The lowest BCUT2D eigenvalue weighted by atomic mass is 10.1. The second-order valence-electron chi connectivity index (χ2n) is 3.37. The lowest BCUT2D eigenvalue weighted by Gasteiger charge is -2.42. The summed E-state index contributed by atoms with van der Waals surface area (Å²) < 4.78 is 0. The summed E-state index contributed by atoms with van der Waals surface area (Å²) in [6.07, 6.45) is 0.185. The van der Waals surface area contributed by atoms with Crippen molar-refractivity contribution in [1.82, 2.24) is 15.5 Å². The molecule has 2 fully saturated rings. The van der Waals surface area contributed by atoms with Gasteiger partial charge < -0.3 is 11.1 Å². The van der Waals surface area contributed by atoms with Crippen LogP contribution in [0.2, 0.25) is 0 Å². The van der Waals surface area contributed by atoms with Crippen molar-refractivity contribution in [3.63, 3.8) is 0 Å². The molecule has 2 unspecified atom stereocenters. The van der Waals surface area contributed by atoms with Crippen LogP contribution < -0.4 is 16.4 Å². The second kappa shape index (κ2) is 3.06. The molecular formula is C7H16N4. The van der Waals surface area contributed by atoms with E-state index in [0.717, 1.165) is 32.7 Å². The van der Waals surface area contributed by atoms with E-state index in [-0.39, 0.29) is 6.17 Å². The molecule has 0 aromatic heterocycles. The summed E-state index contributed by atoms with van der Waals surface area (Å²) in [5.74, 6) is 0. The summed E-state index contributed by atoms with van der Waals surface area (Å²) in [4.78, 5) is 2.47. The number of nitrogens with zero attached hydrogens (tertiary/aromatic N) is 1. The number of hydrogen-bond donors (Lipinski definition) is 3. The van der Waals surface area contributed by atoms with Crippen molar-refractivity contribution in [2.24, 2.45) is 5.73 Å². The van der Waals surface area contributed by atoms with Crippen LogP contribution in [0.5, 0.6) is 0 Å². The number of hydrogen-bond acceptors (Lipinski definition) is 4. The van der Waals surface area contributed by atoms with Crippen LogP contribution >= 0.6 is 0 Å². The maximum absolute atomic E-state index is 5.77. The lowest BCUT2D eigenvalue weighted by molar-refractivity contribution is 0.107. The molecule has 0 aromatic carbocycles. The molecule has 0 aromatic rings. The lowest BCUT2D eigenvalue weighted by Crippen LogP contribution is -2.65. The Hall–Kier alpha value is -0.160. The molecule has 0 saturated carbocycles. The van der Waals surface area contributed by atoms with E-state index in [1.54, 1.807) is 0 Å². The molecule has 2 aliphatic heterocycles. The summed E-state index contributed by atoms with van der Waals surface area (Å²) in [5.41, 5.74) is 5.77. The molecule has 2 heterocycles. The Morgan fingerprint density at radius 3 is 3.18 bits per heavy atom. The van der Waals surface area contributed by atoms with E-state index in [0.29, 0.717) is 6.04 Å². The summed E-state index contributed by atoms with van der Waals surface area (Å²) in [5, 5.41) is 6.65. The van der Waals surface area contributed by atoms with Crippen molar-refractivity contribution < 1.29 is 0 Å². The first-order valence-corrected chi connectivity index (χ1v) is 4.30. The van der Waals surface area contributed by atoms with E-state index in [4.69, 9.17) is 5.73 Å². The molecule has 11 heavy (non-hydrogen) atoms. The average molecular weight is 156 g/mol. The zero-order valence-electron chi connectivity index (χ0n) is 6.71. The van der Waals surface area contributed by atoms with Crippen LogP contribution in [0.25, 0.3) is 0 Å². The fraction of sp³-hybridized carbons (Fsp3) is 1.00. The third kappa shape index (κ3) is 1.54. The summed E-state index contributed by atoms with van der Waals surface area (Å²) in [6.45, 7) is 5.42. The van der Waals surface area contributed by atoms with Gasteiger partial charge in [0.25, 0.3) is 0 Å². The number of nitrogens with one attached hydrogen (secondary N) is 2. The molecule has 0 amide bonds. The standard InChI is InChI=1S/C7H16N4/c8-7-5-11-2-1-9-3-6(11)4-10-7/h6-7,9-10H,1-5,8H2. The van der Waals surface area contributed by atoms with Gasteiger partial charge in [-0.05, 0) is 0 Å². The van der Waals surface area contributed by atoms with Crippen molar-refractivity contribution >= 4 is 0 Å². The van der Waals surface area contributed by atoms with Crippen LogP contribution in [0.4, 0.5) is 0 Å². The van der Waals surface area contributed by atoms with Crippen molar-refractivity contribution in [3.05, 3.63) is 0 Å². The Morgan fingerprint density at radius 1 is 1.36 bits per heavy atom. The van der Waals surface area contributed by atoms with E-state index in [1.807, 2.05) is 0 Å². The van der Waals surface area contributed by atoms with Crippen molar-refractivity contribution in [2.75, 3.05) is 32.7 Å². The average Bonchev–Trinajstić information content (AvgIpc) is 2.04. The Balaban J connectivity index is 1.93. The SMILES string of the molecule is NC1CN2CCNCC2CN1. The molecular weight excluding hydrogens is 140 g/mol. The highest BCUT2D eigenvalue weighted by Gasteiger charge is 2.27. The smallest absolute Gasteiger partial charge is 0.0678 e. The highest BCUT2D eigenvalue weighted by molar-refractivity contribution is 4.87. The monoisotopic (exact) mass is 156 g/mol. The molecule has 2 saturated heterocycles. The minimum atomic E-state index is 0.185. The number of fused-ring (bicyclic) bond motifs is 1. The predicted octanol–water partition coefficient (Wildman–Crippen LogP) is -1.85. The molecule has 2 atom stereocenters. The fourth-order valence-corrected chi connectivity index (χ4v) is 1.85. The maximum atomic E-state index is 5.77. The third-order valence-electron chi connectivity index (χ3n) is 2.52. The quantitative estimate of drug-likeness (QED) is 0.385. The molecule has 0 aliphatic carbocycles. The molecule has 2 rings (SSSR count). The number of piperazine rings is 2. The predicted molar refractivity (Wildman–Crippen MR) is 44.2 cm³/mol. The molecule has 0 bridgehead atoms. The Bertz CT molecular complexity index is 138. The van der Waals surface area contributed by atoms with Crippen LogP contribution in [0.15, 0.2) is 0 Å². The maximum Gasteiger partial charge on any atom is 0.0678 e. The zero-order valence-corrected chi connectivity index (χ0v) is 6.71. The molecule has 4 nitrogen and oxygen atoms in total. The van der Waals surface area contributed by atoms with Crippen molar-refractivity contribution in [1.29, 1.82) is 0 Å². The number of nitrogens with two attached hydrogens (primary N) is 1. The summed E-state index contributed by atoms with van der Waals surface area (Å²) in [6, 6.07) is 0.670. The third-order valence-corrected chi connectivity index (χ3v) is 2.52. The minimum absolute atomic E-state index is 0.185. The largest absolute Gasteiger partial charge is 0.315 e. The molecule has 0 radical (unpaired) electrons. The summed E-state index contributed by atoms with van der Waals surface area (Å²) in [7, 11) is 0. The zero-order chi connectivity index (χ0) is 7.68. The van der Waals surface area contributed by atoms with Gasteiger partial charge in [0, 0.05) is 38.8 Å². The molecule has 4 heteroatoms. The van der Waals surface area contributed by atoms with Crippen molar-refractivity contribution in [2.45, 2.75) is 12.2 Å². The minimum Gasteiger partial charge on any atom is -0.315 e. The van der Waals surface area contributed by atoms with E-state index < -0.39 is 0 Å². The van der Waals surface area contributed by atoms with Crippen LogP contribution in [-0.4, -0.2) is 49.8 Å². The van der Waals surface area contributed by atoms with Gasteiger partial charge in [-0.3, -0.25) is 10.2 Å². The van der Waals surface area contributed by atoms with Crippen molar-refractivity contribution in [3.8, 4) is 0 Å². The van der Waals surface area contributed by atoms with E-state index in [1.165, 1.54) is 0 Å². The van der Waals surface area contributed by atoms with Gasteiger partial charge in [0.2, 0.25) is 0 Å². The van der Waals surface area contributed by atoms with E-state index in [2.05, 4.69) is 15.5 Å². The fourth-order valence-electron chi connectivity index (χ4n) is 1.85. The van der Waals surface area contributed by atoms with Crippen LogP contribution in [-0.2, 0) is 0 Å². The summed E-state index contributed by atoms with van der Waals surface area (Å²) >= 11 is 0. The van der Waals surface area contributed by atoms with E-state index >= 15 is 0 Å². The van der Waals surface area contributed by atoms with Gasteiger partial charge in [-0.1, -0.05) is 0 Å². The molecule has 2 aliphatic rings. The Labute approximate surface area is 67.1 Å². The molecule has 64 valence electrons. The van der Waals surface area contributed by atoms with Gasteiger partial charge in [-0.15, -0.1) is 0 Å². The first kappa shape index (κ1) is 7.49. The normalized spacial score (nSPS) is 40.1. The molecule has 0 spiro atoms. The van der Waals surface area contributed by atoms with Gasteiger partial charge in [0.05, 0.1) is 6.17 Å². The van der Waals surface area contributed by atoms with E-state index in [9.17, 15) is 0 Å². The van der Waals surface area contributed by atoms with Crippen LogP contribution in [0.3, 0.4) is 0 Å². The molecule has 4 N–H and O–H groups in total. The number of rotatable bonds is 0. The van der Waals surface area contributed by atoms with Crippen LogP contribution in [0.1, 0.15) is 0 Å². The first-order valence-electron chi connectivity index (χ1n) is 4.30. The van der Waals surface area contributed by atoms with Gasteiger partial charge in [0.15, 0.2) is 0 Å². The Morgan fingerprint density at radius 2 is 2.27 bits per heavy atom. The Kier molecular flexibility index (Phi) is 2.09. The topological polar surface area (TPSA) is 53.3 Å². The first-order chi connectivity index (χ1) is 5.36. The van der Waals surface area contributed by atoms with Gasteiger partial charge in [-0.2, -0.15) is 0 Å². The highest BCUT2D eigenvalue weighted by atomic mass is 15.3. The van der Waals surface area contributed by atoms with Gasteiger partial charge >= 0.3 is 0 Å². The highest BCUT2D eigenvalue weighted by Crippen LogP contribution is 2.06.